The molecule has 9 atom stereocenters. The molecule has 0 saturated carbocycles. The zero-order chi connectivity index (χ0) is 21.9. The standard InChI is InChI=1S/C12H19O15P/c13-1-3(15)5(17)6(18)7(19)8(20)26-27-9(21)11(23)12(24)10(22,4(16)2-14)28(11,12)25/h3-7,13-19,22-24H,1-2H2. The smallest absolute Gasteiger partial charge is 0.394 e. The molecular weight excluding hydrogens is 415 g/mol. The van der Waals surface area contributed by atoms with Crippen molar-refractivity contribution in [2.24, 2.45) is 0 Å². The third-order valence-corrected chi connectivity index (χ3v) is 9.04. The fourth-order valence-corrected chi connectivity index (χ4v) is 7.10. The van der Waals surface area contributed by atoms with Crippen LogP contribution >= 0.6 is 7.14 Å². The number of fused-ring (bicyclic) bond motifs is 1. The SMILES string of the molecule is O=C(OOC(=O)C1(O)C2(O)C(O)(C(O)CO)P12=O)C(O)C(O)C(O)C(O)CO. The maximum absolute atomic E-state index is 12.3. The van der Waals surface area contributed by atoms with Gasteiger partial charge in [-0.3, -0.25) is 0 Å². The lowest BCUT2D eigenvalue weighted by molar-refractivity contribution is -0.278. The summed E-state index contributed by atoms with van der Waals surface area (Å²) in [6.07, 6.45) is -11.3. The Morgan fingerprint density at radius 1 is 0.893 bits per heavy atom. The first kappa shape index (κ1) is 23.1. The highest BCUT2D eigenvalue weighted by atomic mass is 31.2. The highest BCUT2D eigenvalue weighted by molar-refractivity contribution is 7.86. The van der Waals surface area contributed by atoms with E-state index >= 15 is 0 Å². The van der Waals surface area contributed by atoms with Crippen molar-refractivity contribution in [1.29, 1.82) is 0 Å². The average molecular weight is 434 g/mol. The van der Waals surface area contributed by atoms with Crippen LogP contribution in [-0.2, 0) is 23.9 Å². The van der Waals surface area contributed by atoms with Gasteiger partial charge in [0.05, 0.1) is 13.2 Å². The summed E-state index contributed by atoms with van der Waals surface area (Å²) in [7, 11) is -4.66. The predicted octanol–water partition coefficient (Wildman–Crippen LogP) is -6.77. The van der Waals surface area contributed by atoms with Crippen LogP contribution in [0.3, 0.4) is 0 Å². The van der Waals surface area contributed by atoms with Crippen LogP contribution < -0.4 is 0 Å². The van der Waals surface area contributed by atoms with Crippen LogP contribution in [0.1, 0.15) is 0 Å². The minimum absolute atomic E-state index is 1.04. The van der Waals surface area contributed by atoms with Crippen LogP contribution in [0.15, 0.2) is 0 Å². The molecule has 2 fully saturated rings. The minimum Gasteiger partial charge on any atom is -0.394 e. The van der Waals surface area contributed by atoms with Gasteiger partial charge in [-0.15, -0.1) is 0 Å². The molecule has 0 aromatic rings. The van der Waals surface area contributed by atoms with Crippen LogP contribution in [0.25, 0.3) is 0 Å². The molecule has 0 bridgehead atoms. The van der Waals surface area contributed by atoms with Crippen molar-refractivity contribution < 1.29 is 75.0 Å². The maximum Gasteiger partial charge on any atom is 0.398 e. The summed E-state index contributed by atoms with van der Waals surface area (Å²) in [5.74, 6) is -3.99. The molecular formula is C12H19O15P. The highest BCUT2D eigenvalue weighted by Gasteiger charge is 3.20. The Morgan fingerprint density at radius 3 is 1.82 bits per heavy atom. The van der Waals surface area contributed by atoms with Crippen LogP contribution in [-0.4, -0.2) is 123 Å². The van der Waals surface area contributed by atoms with E-state index in [-0.39, 0.29) is 0 Å². The molecule has 162 valence electrons. The Kier molecular flexibility index (Phi) is 5.70. The minimum atomic E-state index is -4.66. The van der Waals surface area contributed by atoms with Gasteiger partial charge in [0.25, 0.3) is 5.34 Å². The molecule has 0 aliphatic carbocycles. The van der Waals surface area contributed by atoms with E-state index in [4.69, 9.17) is 15.3 Å². The Labute approximate surface area is 154 Å². The zero-order valence-electron chi connectivity index (χ0n) is 13.8. The largest absolute Gasteiger partial charge is 0.398 e. The van der Waals surface area contributed by atoms with Crippen molar-refractivity contribution in [1.82, 2.24) is 0 Å². The summed E-state index contributed by atoms with van der Waals surface area (Å²) in [5.41, 5.74) is 0. The lowest BCUT2D eigenvalue weighted by Gasteiger charge is -2.28. The Balaban J connectivity index is 1.97. The van der Waals surface area contributed by atoms with Crippen LogP contribution in [0, 0.1) is 0 Å². The van der Waals surface area contributed by atoms with Crippen molar-refractivity contribution in [2.75, 3.05) is 13.2 Å². The van der Waals surface area contributed by atoms with Crippen molar-refractivity contribution in [2.45, 2.75) is 46.5 Å². The first-order chi connectivity index (χ1) is 12.7. The molecule has 2 heterocycles. The van der Waals surface area contributed by atoms with E-state index in [2.05, 4.69) is 9.78 Å². The lowest BCUT2D eigenvalue weighted by Crippen LogP contribution is -2.55. The second-order valence-corrected chi connectivity index (χ2v) is 9.52. The fraction of sp³-hybridized carbons (Fsp3) is 0.833. The van der Waals surface area contributed by atoms with Crippen molar-refractivity contribution >= 4 is 19.1 Å². The van der Waals surface area contributed by atoms with Gasteiger partial charge < -0.3 is 55.6 Å². The third kappa shape index (κ3) is 2.37. The number of carbonyl (C=O) groups is 2. The number of aliphatic hydroxyl groups excluding tert-OH is 7. The predicted molar refractivity (Wildman–Crippen MR) is 78.8 cm³/mol. The molecule has 0 aromatic carbocycles. The normalized spacial score (nSPS) is 41.1. The molecule has 2 saturated heterocycles. The second kappa shape index (κ2) is 6.93. The van der Waals surface area contributed by atoms with Gasteiger partial charge >= 0.3 is 11.9 Å². The number of rotatable bonds is 8. The van der Waals surface area contributed by atoms with Crippen molar-refractivity contribution in [3.8, 4) is 0 Å². The van der Waals surface area contributed by atoms with E-state index in [0.29, 0.717) is 0 Å². The third-order valence-electron chi connectivity index (χ3n) is 4.91. The van der Waals surface area contributed by atoms with E-state index in [1.807, 2.05) is 0 Å². The number of carbonyl (C=O) groups excluding carboxylic acids is 2. The molecule has 2 aliphatic heterocycles. The molecule has 15 nitrogen and oxygen atoms in total. The molecule has 9 unspecified atom stereocenters. The Bertz CT molecular complexity index is 713. The lowest BCUT2D eigenvalue weighted by atomic mass is 10.0. The van der Waals surface area contributed by atoms with Gasteiger partial charge in [0.15, 0.2) is 11.4 Å². The van der Waals surface area contributed by atoms with E-state index in [0.717, 1.165) is 0 Å². The molecule has 0 radical (unpaired) electrons. The van der Waals surface area contributed by atoms with Crippen LogP contribution in [0.5, 0.6) is 0 Å². The number of hydrogen-bond acceptors (Lipinski definition) is 15. The average Bonchev–Trinajstić information content (AvgIpc) is 3.33. The van der Waals surface area contributed by atoms with Gasteiger partial charge in [0.1, 0.15) is 24.4 Å². The first-order valence-electron chi connectivity index (χ1n) is 7.57. The molecule has 10 N–H and O–H groups in total. The molecule has 0 spiro atoms. The summed E-state index contributed by atoms with van der Waals surface area (Å²) < 4.78 is 12.3. The van der Waals surface area contributed by atoms with Gasteiger partial charge in [-0.25, -0.2) is 19.4 Å². The van der Waals surface area contributed by atoms with Gasteiger partial charge in [0.2, 0.25) is 12.5 Å². The maximum atomic E-state index is 12.3. The van der Waals surface area contributed by atoms with Crippen molar-refractivity contribution in [3.63, 3.8) is 0 Å². The fourth-order valence-electron chi connectivity index (χ4n) is 3.05. The first-order valence-corrected chi connectivity index (χ1v) is 9.28. The molecule has 2 rings (SSSR count). The molecule has 28 heavy (non-hydrogen) atoms. The Morgan fingerprint density at radius 2 is 1.39 bits per heavy atom. The van der Waals surface area contributed by atoms with Crippen molar-refractivity contribution in [3.05, 3.63) is 0 Å². The topological polar surface area (TPSA) is 272 Å². The van der Waals surface area contributed by atoms with E-state index in [9.17, 15) is 49.9 Å². The van der Waals surface area contributed by atoms with E-state index in [1.165, 1.54) is 0 Å². The van der Waals surface area contributed by atoms with Gasteiger partial charge in [-0.1, -0.05) is 0 Å². The summed E-state index contributed by atoms with van der Waals surface area (Å²) in [6.45, 7) is -2.21. The van der Waals surface area contributed by atoms with Gasteiger partial charge in [0, 0.05) is 0 Å². The highest BCUT2D eigenvalue weighted by Crippen LogP contribution is 3.12. The number of aliphatic hydroxyl groups is 10. The van der Waals surface area contributed by atoms with E-state index in [1.54, 1.807) is 0 Å². The summed E-state index contributed by atoms with van der Waals surface area (Å²) in [5, 5.41) is 84.6. The van der Waals surface area contributed by atoms with E-state index < -0.39 is 78.8 Å². The monoisotopic (exact) mass is 434 g/mol. The quantitative estimate of drug-likeness (QED) is 0.0965. The molecule has 16 heteroatoms. The van der Waals surface area contributed by atoms with Gasteiger partial charge in [-0.05, 0) is 0 Å². The van der Waals surface area contributed by atoms with Crippen LogP contribution in [0.2, 0.25) is 0 Å². The summed E-state index contributed by atoms with van der Waals surface area (Å²) in [4.78, 5) is 30.9. The number of hydrogen-bond donors (Lipinski definition) is 10. The summed E-state index contributed by atoms with van der Waals surface area (Å²) in [6, 6.07) is 0. The van der Waals surface area contributed by atoms with Gasteiger partial charge in [-0.2, -0.15) is 0 Å². The zero-order valence-corrected chi connectivity index (χ0v) is 14.7. The molecule has 0 aromatic heterocycles. The molecule has 2 aliphatic rings. The van der Waals surface area contributed by atoms with Crippen LogP contribution in [0.4, 0.5) is 0 Å². The molecule has 0 amide bonds. The Hall–Kier alpha value is -1.23. The second-order valence-electron chi connectivity index (χ2n) is 6.33. The summed E-state index contributed by atoms with van der Waals surface area (Å²) >= 11 is 0.